The van der Waals surface area contributed by atoms with E-state index in [1.54, 1.807) is 6.08 Å². The molecule has 0 amide bonds. The number of aromatic nitrogens is 1. The van der Waals surface area contributed by atoms with E-state index in [1.165, 1.54) is 18.2 Å². The predicted molar refractivity (Wildman–Crippen MR) is 49.4 cm³/mol. The zero-order chi connectivity index (χ0) is 9.26. The summed E-state index contributed by atoms with van der Waals surface area (Å²) in [6.07, 6.45) is 5.11. The molecule has 0 radical (unpaired) electrons. The second-order valence-electron chi connectivity index (χ2n) is 3.18. The first kappa shape index (κ1) is 8.10. The van der Waals surface area contributed by atoms with Crippen molar-refractivity contribution in [3.63, 3.8) is 0 Å². The fraction of sp³-hybridized carbons (Fsp3) is 0.300. The molecule has 0 spiro atoms. The van der Waals surface area contributed by atoms with Gasteiger partial charge in [-0.3, -0.25) is 0 Å². The standard InChI is InChI=1S/C10H11NO2/c12-10(13)6-5-9-4-3-8-2-1-7-11(8)9/h3-6H,1-2,7H2,(H,12,13). The summed E-state index contributed by atoms with van der Waals surface area (Å²) >= 11 is 0. The van der Waals surface area contributed by atoms with Crippen LogP contribution >= 0.6 is 0 Å². The van der Waals surface area contributed by atoms with Gasteiger partial charge in [0.05, 0.1) is 0 Å². The maximum atomic E-state index is 10.3. The summed E-state index contributed by atoms with van der Waals surface area (Å²) in [6, 6.07) is 4.03. The fourth-order valence-corrected chi connectivity index (χ4v) is 1.74. The van der Waals surface area contributed by atoms with Crippen LogP contribution in [0.2, 0.25) is 0 Å². The molecule has 3 nitrogen and oxygen atoms in total. The molecule has 0 fully saturated rings. The van der Waals surface area contributed by atoms with E-state index in [-0.39, 0.29) is 0 Å². The van der Waals surface area contributed by atoms with Gasteiger partial charge >= 0.3 is 5.97 Å². The first-order valence-electron chi connectivity index (χ1n) is 4.37. The van der Waals surface area contributed by atoms with Crippen molar-refractivity contribution in [2.45, 2.75) is 19.4 Å². The minimum absolute atomic E-state index is 0.895. The molecule has 2 heterocycles. The topological polar surface area (TPSA) is 42.2 Å². The van der Waals surface area contributed by atoms with Crippen LogP contribution in [-0.2, 0) is 17.8 Å². The van der Waals surface area contributed by atoms with Crippen LogP contribution < -0.4 is 0 Å². The van der Waals surface area contributed by atoms with Crippen LogP contribution in [0, 0.1) is 0 Å². The normalized spacial score (nSPS) is 15.1. The Morgan fingerprint density at radius 1 is 1.54 bits per heavy atom. The summed E-state index contributed by atoms with van der Waals surface area (Å²) in [7, 11) is 0. The van der Waals surface area contributed by atoms with Crippen LogP contribution in [0.25, 0.3) is 6.08 Å². The number of hydrogen-bond donors (Lipinski definition) is 1. The predicted octanol–water partition coefficient (Wildman–Crippen LogP) is 1.53. The Labute approximate surface area is 76.3 Å². The molecule has 2 rings (SSSR count). The molecule has 0 saturated heterocycles. The fourth-order valence-electron chi connectivity index (χ4n) is 1.74. The summed E-state index contributed by atoms with van der Waals surface area (Å²) < 4.78 is 2.17. The van der Waals surface area contributed by atoms with Crippen LogP contribution in [0.15, 0.2) is 18.2 Å². The second kappa shape index (κ2) is 3.09. The molecule has 1 aliphatic heterocycles. The van der Waals surface area contributed by atoms with Crippen LogP contribution in [-0.4, -0.2) is 15.6 Å². The molecule has 0 bridgehead atoms. The van der Waals surface area contributed by atoms with E-state index in [2.05, 4.69) is 10.6 Å². The summed E-state index contributed by atoms with van der Waals surface area (Å²) in [4.78, 5) is 10.3. The molecule has 0 saturated carbocycles. The number of carboxylic acid groups (broad SMARTS) is 1. The molecule has 1 N–H and O–H groups in total. The average Bonchev–Trinajstić information content (AvgIpc) is 2.60. The van der Waals surface area contributed by atoms with Crippen molar-refractivity contribution in [3.05, 3.63) is 29.6 Å². The van der Waals surface area contributed by atoms with Gasteiger partial charge in [0.25, 0.3) is 0 Å². The van der Waals surface area contributed by atoms with Crippen molar-refractivity contribution in [2.24, 2.45) is 0 Å². The lowest BCUT2D eigenvalue weighted by Gasteiger charge is -1.99. The Bertz CT molecular complexity index is 363. The summed E-state index contributed by atoms with van der Waals surface area (Å²) in [6.45, 7) is 1.02. The molecule has 1 aromatic rings. The van der Waals surface area contributed by atoms with E-state index in [9.17, 15) is 4.79 Å². The lowest BCUT2D eigenvalue weighted by molar-refractivity contribution is -0.131. The molecule has 1 aliphatic rings. The Morgan fingerprint density at radius 3 is 3.15 bits per heavy atom. The van der Waals surface area contributed by atoms with Gasteiger partial charge in [0.15, 0.2) is 0 Å². The van der Waals surface area contributed by atoms with E-state index in [0.717, 1.165) is 18.7 Å². The number of carbonyl (C=O) groups is 1. The number of fused-ring (bicyclic) bond motifs is 1. The van der Waals surface area contributed by atoms with E-state index in [0.29, 0.717) is 0 Å². The van der Waals surface area contributed by atoms with Gasteiger partial charge < -0.3 is 9.67 Å². The van der Waals surface area contributed by atoms with Gasteiger partial charge in [-0.25, -0.2) is 4.79 Å². The molecule has 13 heavy (non-hydrogen) atoms. The molecular formula is C10H11NO2. The van der Waals surface area contributed by atoms with Crippen LogP contribution in [0.5, 0.6) is 0 Å². The van der Waals surface area contributed by atoms with Crippen molar-refractivity contribution < 1.29 is 9.90 Å². The van der Waals surface area contributed by atoms with Gasteiger partial charge in [-0.2, -0.15) is 0 Å². The van der Waals surface area contributed by atoms with E-state index >= 15 is 0 Å². The van der Waals surface area contributed by atoms with Gasteiger partial charge in [0.1, 0.15) is 0 Å². The molecule has 68 valence electrons. The van der Waals surface area contributed by atoms with Crippen molar-refractivity contribution in [3.8, 4) is 0 Å². The van der Waals surface area contributed by atoms with Crippen molar-refractivity contribution in [2.75, 3.05) is 0 Å². The lowest BCUT2D eigenvalue weighted by atomic mass is 10.3. The zero-order valence-corrected chi connectivity index (χ0v) is 7.23. The maximum absolute atomic E-state index is 10.3. The molecule has 0 atom stereocenters. The Morgan fingerprint density at radius 2 is 2.38 bits per heavy atom. The first-order chi connectivity index (χ1) is 6.27. The number of nitrogens with zero attached hydrogens (tertiary/aromatic N) is 1. The third-order valence-electron chi connectivity index (χ3n) is 2.32. The van der Waals surface area contributed by atoms with Gasteiger partial charge in [0.2, 0.25) is 0 Å². The van der Waals surface area contributed by atoms with Crippen LogP contribution in [0.3, 0.4) is 0 Å². The minimum Gasteiger partial charge on any atom is -0.478 e. The van der Waals surface area contributed by atoms with Crippen LogP contribution in [0.1, 0.15) is 17.8 Å². The maximum Gasteiger partial charge on any atom is 0.328 e. The third-order valence-corrected chi connectivity index (χ3v) is 2.32. The number of aliphatic carboxylic acids is 1. The van der Waals surface area contributed by atoms with Gasteiger partial charge in [0, 0.05) is 24.0 Å². The zero-order valence-electron chi connectivity index (χ0n) is 7.23. The van der Waals surface area contributed by atoms with Gasteiger partial charge in [-0.15, -0.1) is 0 Å². The second-order valence-corrected chi connectivity index (χ2v) is 3.18. The molecule has 0 aromatic carbocycles. The lowest BCUT2D eigenvalue weighted by Crippen LogP contribution is -1.95. The van der Waals surface area contributed by atoms with E-state index in [1.807, 2.05) is 6.07 Å². The molecule has 1 aromatic heterocycles. The number of hydrogen-bond acceptors (Lipinski definition) is 1. The largest absolute Gasteiger partial charge is 0.478 e. The summed E-state index contributed by atoms with van der Waals surface area (Å²) in [5.41, 5.74) is 2.31. The van der Waals surface area contributed by atoms with Gasteiger partial charge in [-0.1, -0.05) is 0 Å². The Balaban J connectivity index is 2.26. The average molecular weight is 177 g/mol. The Kier molecular flexibility index (Phi) is 1.93. The van der Waals surface area contributed by atoms with Crippen molar-refractivity contribution in [1.82, 2.24) is 4.57 Å². The summed E-state index contributed by atoms with van der Waals surface area (Å²) in [5, 5.41) is 8.46. The number of rotatable bonds is 2. The first-order valence-corrected chi connectivity index (χ1v) is 4.37. The molecule has 3 heteroatoms. The van der Waals surface area contributed by atoms with Crippen LogP contribution in [0.4, 0.5) is 0 Å². The smallest absolute Gasteiger partial charge is 0.328 e. The molecule has 0 aliphatic carbocycles. The highest BCUT2D eigenvalue weighted by molar-refractivity contribution is 5.85. The number of carboxylic acids is 1. The van der Waals surface area contributed by atoms with Gasteiger partial charge in [-0.05, 0) is 31.1 Å². The van der Waals surface area contributed by atoms with E-state index < -0.39 is 5.97 Å². The van der Waals surface area contributed by atoms with E-state index in [4.69, 9.17) is 5.11 Å². The SMILES string of the molecule is O=C(O)C=Cc1ccc2n1CCC2. The third kappa shape index (κ3) is 1.49. The van der Waals surface area contributed by atoms with Crippen molar-refractivity contribution >= 4 is 12.0 Å². The van der Waals surface area contributed by atoms with Crippen molar-refractivity contribution in [1.29, 1.82) is 0 Å². The molecular weight excluding hydrogens is 166 g/mol. The number of aryl methyl sites for hydroxylation is 1. The highest BCUT2D eigenvalue weighted by atomic mass is 16.4. The Hall–Kier alpha value is -1.51. The summed E-state index contributed by atoms with van der Waals surface area (Å²) in [5.74, 6) is -0.895. The highest BCUT2D eigenvalue weighted by Crippen LogP contribution is 2.19. The monoisotopic (exact) mass is 177 g/mol. The minimum atomic E-state index is -0.895. The highest BCUT2D eigenvalue weighted by Gasteiger charge is 2.11. The molecule has 0 unspecified atom stereocenters. The quantitative estimate of drug-likeness (QED) is 0.696.